The van der Waals surface area contributed by atoms with Gasteiger partial charge in [0.05, 0.1) is 11.6 Å². The second-order valence-electron chi connectivity index (χ2n) is 12.8. The van der Waals surface area contributed by atoms with Gasteiger partial charge in [0.2, 0.25) is 0 Å². The van der Waals surface area contributed by atoms with Gasteiger partial charge in [-0.15, -0.1) is 0 Å². The molecule has 0 spiro atoms. The SMILES string of the molecule is CC(=O)OC[C@@]1(C)[C@@H]2C[C@H](OC(C)=O)[C@@]3(C)Oc4cc(-c5cccnc5)n(C)c(=O)c4C(=O)[C@@H]3[C@@]2(C)CC[C@@H]1OC(C)=O. The fourth-order valence-corrected chi connectivity index (χ4v) is 8.15. The van der Waals surface area contributed by atoms with Gasteiger partial charge in [0, 0.05) is 57.3 Å². The van der Waals surface area contributed by atoms with Crippen LogP contribution < -0.4 is 10.3 Å². The Morgan fingerprint density at radius 3 is 2.33 bits per heavy atom. The number of fused-ring (bicyclic) bond motifs is 4. The highest BCUT2D eigenvalue weighted by atomic mass is 16.6. The van der Waals surface area contributed by atoms with E-state index in [1.807, 2.05) is 19.9 Å². The first-order valence-corrected chi connectivity index (χ1v) is 14.5. The number of carbonyl (C=O) groups is 4. The topological polar surface area (TPSA) is 140 Å². The second-order valence-corrected chi connectivity index (χ2v) is 12.8. The summed E-state index contributed by atoms with van der Waals surface area (Å²) in [6.07, 6.45) is 2.83. The van der Waals surface area contributed by atoms with Gasteiger partial charge in [-0.1, -0.05) is 13.8 Å². The minimum absolute atomic E-state index is 0.0649. The molecule has 5 rings (SSSR count). The molecule has 0 saturated heterocycles. The van der Waals surface area contributed by atoms with Gasteiger partial charge >= 0.3 is 17.9 Å². The van der Waals surface area contributed by atoms with Crippen molar-refractivity contribution in [3.8, 4) is 17.0 Å². The molecule has 2 aromatic rings. The fourth-order valence-electron chi connectivity index (χ4n) is 8.15. The molecule has 0 aromatic carbocycles. The lowest BCUT2D eigenvalue weighted by atomic mass is 9.43. The molecule has 3 aliphatic rings. The summed E-state index contributed by atoms with van der Waals surface area (Å²) in [6, 6.07) is 5.22. The number of pyridine rings is 2. The number of aromatic nitrogens is 2. The summed E-state index contributed by atoms with van der Waals surface area (Å²) in [5, 5.41) is 0. The Bertz CT molecular complexity index is 1550. The van der Waals surface area contributed by atoms with Crippen LogP contribution in [-0.4, -0.2) is 57.7 Å². The highest BCUT2D eigenvalue weighted by Gasteiger charge is 2.71. The number of ketones is 1. The zero-order chi connectivity index (χ0) is 31.5. The van der Waals surface area contributed by atoms with Crippen molar-refractivity contribution in [2.45, 2.75) is 78.6 Å². The van der Waals surface area contributed by atoms with E-state index in [9.17, 15) is 24.0 Å². The Labute approximate surface area is 249 Å². The standard InChI is InChI=1S/C32H38N2O9/c1-17(35)40-16-31(5)23-14-25(42-19(3)37)32(6)28(30(23,4)11-10-24(31)41-18(2)36)27(38)26-22(43-32)13-21(34(7)29(26)39)20-9-8-12-33-15-20/h8-9,12-13,15,23-25,28H,10-11,14,16H2,1-7H3/t23-,24+,25+,28-,30+,31+,32-/m1/s1. The van der Waals surface area contributed by atoms with Crippen molar-refractivity contribution >= 4 is 23.7 Å². The van der Waals surface area contributed by atoms with Gasteiger partial charge in [0.15, 0.2) is 11.4 Å². The first-order chi connectivity index (χ1) is 20.1. The molecule has 0 radical (unpaired) electrons. The minimum atomic E-state index is -1.32. The van der Waals surface area contributed by atoms with Crippen LogP contribution in [0.3, 0.4) is 0 Å². The number of hydrogen-bond donors (Lipinski definition) is 0. The van der Waals surface area contributed by atoms with Crippen molar-refractivity contribution in [2.75, 3.05) is 6.61 Å². The molecule has 11 nitrogen and oxygen atoms in total. The van der Waals surface area contributed by atoms with Gasteiger partial charge in [-0.2, -0.15) is 0 Å². The van der Waals surface area contributed by atoms with E-state index in [2.05, 4.69) is 4.98 Å². The molecule has 0 unspecified atom stereocenters. The van der Waals surface area contributed by atoms with Gasteiger partial charge in [-0.25, -0.2) is 0 Å². The fraction of sp³-hybridized carbons (Fsp3) is 0.562. The van der Waals surface area contributed by atoms with Crippen LogP contribution in [0.5, 0.6) is 5.75 Å². The zero-order valence-corrected chi connectivity index (χ0v) is 25.6. The van der Waals surface area contributed by atoms with Crippen molar-refractivity contribution in [1.82, 2.24) is 9.55 Å². The van der Waals surface area contributed by atoms with Crippen LogP contribution in [0.4, 0.5) is 0 Å². The first-order valence-electron chi connectivity index (χ1n) is 14.5. The van der Waals surface area contributed by atoms with E-state index in [4.69, 9.17) is 18.9 Å². The maximum Gasteiger partial charge on any atom is 0.303 e. The summed E-state index contributed by atoms with van der Waals surface area (Å²) in [7, 11) is 1.60. The molecule has 2 aliphatic carbocycles. The van der Waals surface area contributed by atoms with E-state index < -0.39 is 69.7 Å². The lowest BCUT2D eigenvalue weighted by Gasteiger charge is -2.65. The molecule has 2 saturated carbocycles. The number of rotatable bonds is 5. The van der Waals surface area contributed by atoms with E-state index in [-0.39, 0.29) is 24.3 Å². The number of Topliss-reactive ketones (excluding diaryl/α,β-unsaturated/α-hetero) is 1. The molecule has 2 aromatic heterocycles. The summed E-state index contributed by atoms with van der Waals surface area (Å²) < 4.78 is 25.3. The van der Waals surface area contributed by atoms with Crippen LogP contribution in [0.25, 0.3) is 11.3 Å². The molecular formula is C32H38N2O9. The molecule has 7 atom stereocenters. The zero-order valence-electron chi connectivity index (χ0n) is 25.6. The van der Waals surface area contributed by atoms with Crippen LogP contribution in [0.15, 0.2) is 35.4 Å². The van der Waals surface area contributed by atoms with Gasteiger partial charge in [-0.3, -0.25) is 29.0 Å². The molecule has 0 bridgehead atoms. The van der Waals surface area contributed by atoms with Crippen LogP contribution >= 0.6 is 0 Å². The summed E-state index contributed by atoms with van der Waals surface area (Å²) in [5.41, 5.74) is -2.44. The van der Waals surface area contributed by atoms with Crippen LogP contribution in [0.1, 0.15) is 71.2 Å². The third kappa shape index (κ3) is 4.82. The lowest BCUT2D eigenvalue weighted by molar-refractivity contribution is -0.240. The quantitative estimate of drug-likeness (QED) is 0.372. The Morgan fingerprint density at radius 1 is 1.05 bits per heavy atom. The molecule has 3 heterocycles. The van der Waals surface area contributed by atoms with Crippen LogP contribution in [0, 0.1) is 22.7 Å². The lowest BCUT2D eigenvalue weighted by Crippen LogP contribution is -2.72. The number of esters is 3. The number of hydrogen-bond acceptors (Lipinski definition) is 10. The van der Waals surface area contributed by atoms with Crippen LogP contribution in [-0.2, 0) is 35.6 Å². The molecule has 43 heavy (non-hydrogen) atoms. The van der Waals surface area contributed by atoms with E-state index in [0.717, 1.165) is 0 Å². The molecule has 0 N–H and O–H groups in total. The molecule has 1 aliphatic heterocycles. The normalized spacial score (nSPS) is 32.8. The van der Waals surface area contributed by atoms with Gasteiger partial charge in [0.25, 0.3) is 5.56 Å². The van der Waals surface area contributed by atoms with E-state index in [1.165, 1.54) is 25.3 Å². The average molecular weight is 595 g/mol. The Kier molecular flexibility index (Phi) is 7.51. The predicted octanol–water partition coefficient (Wildman–Crippen LogP) is 3.65. The summed E-state index contributed by atoms with van der Waals surface area (Å²) in [4.78, 5) is 69.2. The monoisotopic (exact) mass is 594 g/mol. The Hall–Kier alpha value is -4.02. The predicted molar refractivity (Wildman–Crippen MR) is 153 cm³/mol. The number of carbonyl (C=O) groups excluding carboxylic acids is 4. The third-order valence-electron chi connectivity index (χ3n) is 9.99. The number of nitrogens with zero attached hydrogens (tertiary/aromatic N) is 2. The Morgan fingerprint density at radius 2 is 1.72 bits per heavy atom. The van der Waals surface area contributed by atoms with Crippen molar-refractivity contribution in [2.24, 2.45) is 29.7 Å². The smallest absolute Gasteiger partial charge is 0.303 e. The number of ether oxygens (including phenoxy) is 4. The average Bonchev–Trinajstić information content (AvgIpc) is 2.92. The molecule has 0 amide bonds. The molecule has 230 valence electrons. The van der Waals surface area contributed by atoms with Crippen molar-refractivity contribution in [1.29, 1.82) is 0 Å². The highest BCUT2D eigenvalue weighted by Crippen LogP contribution is 2.65. The van der Waals surface area contributed by atoms with Crippen LogP contribution in [0.2, 0.25) is 0 Å². The van der Waals surface area contributed by atoms with Crippen molar-refractivity contribution in [3.05, 3.63) is 46.5 Å². The molecule has 11 heteroatoms. The van der Waals surface area contributed by atoms with Gasteiger partial charge < -0.3 is 23.5 Å². The van der Waals surface area contributed by atoms with Gasteiger partial charge in [0.1, 0.15) is 30.1 Å². The second kappa shape index (κ2) is 10.6. The first kappa shape index (κ1) is 30.4. The van der Waals surface area contributed by atoms with Crippen molar-refractivity contribution < 1.29 is 38.1 Å². The highest BCUT2D eigenvalue weighted by molar-refractivity contribution is 6.03. The Balaban J connectivity index is 1.70. The summed E-state index contributed by atoms with van der Waals surface area (Å²) in [6.45, 7) is 9.46. The largest absolute Gasteiger partial charge is 0.482 e. The van der Waals surface area contributed by atoms with Gasteiger partial charge in [-0.05, 0) is 49.7 Å². The molecule has 2 fully saturated rings. The molecular weight excluding hydrogens is 556 g/mol. The van der Waals surface area contributed by atoms with E-state index in [0.29, 0.717) is 24.1 Å². The van der Waals surface area contributed by atoms with Crippen molar-refractivity contribution in [3.63, 3.8) is 0 Å². The third-order valence-corrected chi connectivity index (χ3v) is 9.99. The minimum Gasteiger partial charge on any atom is -0.482 e. The van der Waals surface area contributed by atoms with E-state index >= 15 is 0 Å². The maximum absolute atomic E-state index is 14.7. The van der Waals surface area contributed by atoms with E-state index in [1.54, 1.807) is 38.5 Å². The summed E-state index contributed by atoms with van der Waals surface area (Å²) in [5.74, 6) is -3.11. The summed E-state index contributed by atoms with van der Waals surface area (Å²) >= 11 is 0. The maximum atomic E-state index is 14.7.